The molecule has 202 valence electrons. The summed E-state index contributed by atoms with van der Waals surface area (Å²) >= 11 is 19.3. The Kier molecular flexibility index (Phi) is 7.59. The number of carbonyl (C=O) groups excluding carboxylic acids is 1. The summed E-state index contributed by atoms with van der Waals surface area (Å²) < 4.78 is 43.1. The standard InChI is InChI=1S/C28H22Cl3FN2O4S/c1-2-39(36,37)20-6-3-16(4-7-20)11-19(35)12-17-13-22(30)25(23(31)14-17)28(9-10-28)27-33-26(34-38-27)18-5-8-24(32)21(29)15-18/h3-8,13-15H,2,9-12H2,1H3. The van der Waals surface area contributed by atoms with Crippen LogP contribution in [0.5, 0.6) is 0 Å². The Labute approximate surface area is 240 Å². The van der Waals surface area contributed by atoms with Crippen molar-refractivity contribution in [3.8, 4) is 11.4 Å². The van der Waals surface area contributed by atoms with Gasteiger partial charge in [0, 0.05) is 34.0 Å². The predicted molar refractivity (Wildman–Crippen MR) is 148 cm³/mol. The minimum Gasteiger partial charge on any atom is -0.338 e. The Morgan fingerprint density at radius 1 is 0.949 bits per heavy atom. The van der Waals surface area contributed by atoms with Crippen LogP contribution in [-0.2, 0) is 32.9 Å². The molecule has 0 spiro atoms. The summed E-state index contributed by atoms with van der Waals surface area (Å²) in [7, 11) is -3.30. The van der Waals surface area contributed by atoms with E-state index < -0.39 is 21.1 Å². The first-order valence-corrected chi connectivity index (χ1v) is 14.9. The summed E-state index contributed by atoms with van der Waals surface area (Å²) in [4.78, 5) is 17.5. The molecule has 5 rings (SSSR count). The Balaban J connectivity index is 1.33. The van der Waals surface area contributed by atoms with Crippen LogP contribution in [0.25, 0.3) is 11.4 Å². The molecule has 1 fully saturated rings. The fraction of sp³-hybridized carbons (Fsp3) is 0.250. The first-order valence-electron chi connectivity index (χ1n) is 12.1. The van der Waals surface area contributed by atoms with Gasteiger partial charge in [-0.15, -0.1) is 0 Å². The van der Waals surface area contributed by atoms with Gasteiger partial charge >= 0.3 is 0 Å². The minimum absolute atomic E-state index is 0.0147. The summed E-state index contributed by atoms with van der Waals surface area (Å²) in [5, 5.41) is 4.77. The number of rotatable bonds is 9. The third kappa shape index (κ3) is 5.61. The molecular weight excluding hydrogens is 586 g/mol. The Hall–Kier alpha value is -2.78. The Morgan fingerprint density at radius 2 is 1.59 bits per heavy atom. The number of benzene rings is 3. The van der Waals surface area contributed by atoms with Crippen molar-refractivity contribution in [1.82, 2.24) is 10.1 Å². The average molecular weight is 608 g/mol. The molecule has 0 atom stereocenters. The fourth-order valence-electron chi connectivity index (χ4n) is 4.55. The molecule has 0 saturated heterocycles. The van der Waals surface area contributed by atoms with Gasteiger partial charge in [-0.1, -0.05) is 59.0 Å². The quantitative estimate of drug-likeness (QED) is 0.202. The van der Waals surface area contributed by atoms with Crippen LogP contribution in [0.2, 0.25) is 15.1 Å². The lowest BCUT2D eigenvalue weighted by molar-refractivity contribution is -0.117. The zero-order chi connectivity index (χ0) is 27.9. The van der Waals surface area contributed by atoms with Crippen molar-refractivity contribution in [1.29, 1.82) is 0 Å². The normalized spacial score (nSPS) is 14.4. The summed E-state index contributed by atoms with van der Waals surface area (Å²) in [6.07, 6.45) is 1.64. The van der Waals surface area contributed by atoms with Crippen molar-refractivity contribution in [2.75, 3.05) is 5.75 Å². The van der Waals surface area contributed by atoms with Crippen LogP contribution in [-0.4, -0.2) is 30.1 Å². The van der Waals surface area contributed by atoms with Crippen molar-refractivity contribution < 1.29 is 22.1 Å². The van der Waals surface area contributed by atoms with E-state index in [1.807, 2.05) is 0 Å². The number of nitrogens with zero attached hydrogens (tertiary/aromatic N) is 2. The van der Waals surface area contributed by atoms with Gasteiger partial charge in [-0.05, 0) is 66.4 Å². The molecule has 0 bridgehead atoms. The first kappa shape index (κ1) is 27.8. The van der Waals surface area contributed by atoms with Gasteiger partial charge in [-0.25, -0.2) is 12.8 Å². The maximum Gasteiger partial charge on any atom is 0.237 e. The van der Waals surface area contributed by atoms with E-state index in [4.69, 9.17) is 39.3 Å². The molecule has 39 heavy (non-hydrogen) atoms. The third-order valence-electron chi connectivity index (χ3n) is 6.81. The molecule has 0 amide bonds. The number of aromatic nitrogens is 2. The van der Waals surface area contributed by atoms with Gasteiger partial charge in [-0.3, -0.25) is 4.79 Å². The number of halogens is 4. The maximum atomic E-state index is 13.5. The van der Waals surface area contributed by atoms with E-state index in [2.05, 4.69) is 10.1 Å². The molecule has 1 aliphatic rings. The molecule has 0 unspecified atom stereocenters. The van der Waals surface area contributed by atoms with E-state index >= 15 is 0 Å². The summed E-state index contributed by atoms with van der Waals surface area (Å²) in [6.45, 7) is 1.59. The van der Waals surface area contributed by atoms with Gasteiger partial charge < -0.3 is 4.52 Å². The lowest BCUT2D eigenvalue weighted by Gasteiger charge is -2.16. The van der Waals surface area contributed by atoms with Gasteiger partial charge in [-0.2, -0.15) is 4.98 Å². The van der Waals surface area contributed by atoms with Crippen molar-refractivity contribution in [2.45, 2.75) is 42.9 Å². The van der Waals surface area contributed by atoms with Crippen LogP contribution < -0.4 is 0 Å². The number of hydrogen-bond donors (Lipinski definition) is 0. The molecule has 11 heteroatoms. The monoisotopic (exact) mass is 606 g/mol. The minimum atomic E-state index is -3.30. The highest BCUT2D eigenvalue weighted by molar-refractivity contribution is 7.91. The van der Waals surface area contributed by atoms with E-state index in [1.54, 1.807) is 31.2 Å². The van der Waals surface area contributed by atoms with Crippen molar-refractivity contribution in [3.63, 3.8) is 0 Å². The highest BCUT2D eigenvalue weighted by Crippen LogP contribution is 2.57. The number of hydrogen-bond acceptors (Lipinski definition) is 6. The second-order valence-electron chi connectivity index (χ2n) is 9.51. The molecular formula is C28H22Cl3FN2O4S. The SMILES string of the molecule is CCS(=O)(=O)c1ccc(CC(=O)Cc2cc(Cl)c(C3(c4nc(-c5ccc(F)c(Cl)c5)no4)CC3)c(Cl)c2)cc1. The first-order chi connectivity index (χ1) is 18.5. The molecule has 4 aromatic rings. The van der Waals surface area contributed by atoms with Gasteiger partial charge in [0.15, 0.2) is 9.84 Å². The molecule has 0 N–H and O–H groups in total. The highest BCUT2D eigenvalue weighted by atomic mass is 35.5. The zero-order valence-electron chi connectivity index (χ0n) is 20.7. The Morgan fingerprint density at radius 3 is 2.18 bits per heavy atom. The molecule has 1 heterocycles. The molecule has 6 nitrogen and oxygen atoms in total. The zero-order valence-corrected chi connectivity index (χ0v) is 23.8. The topological polar surface area (TPSA) is 90.1 Å². The van der Waals surface area contributed by atoms with Crippen LogP contribution >= 0.6 is 34.8 Å². The second-order valence-corrected chi connectivity index (χ2v) is 13.0. The van der Waals surface area contributed by atoms with Crippen LogP contribution in [0.15, 0.2) is 64.0 Å². The van der Waals surface area contributed by atoms with E-state index in [1.165, 1.54) is 30.3 Å². The summed E-state index contributed by atoms with van der Waals surface area (Å²) in [5.41, 5.74) is 1.90. The molecule has 1 aliphatic carbocycles. The Bertz CT molecular complexity index is 1660. The average Bonchev–Trinajstić information content (AvgIpc) is 3.51. The van der Waals surface area contributed by atoms with Crippen LogP contribution in [0.3, 0.4) is 0 Å². The second kappa shape index (κ2) is 10.7. The molecule has 3 aromatic carbocycles. The van der Waals surface area contributed by atoms with Gasteiger partial charge in [0.1, 0.15) is 11.6 Å². The predicted octanol–water partition coefficient (Wildman–Crippen LogP) is 7.06. The van der Waals surface area contributed by atoms with Crippen molar-refractivity contribution in [3.05, 3.63) is 98.1 Å². The number of Topliss-reactive ketones (excluding diaryl/α,β-unsaturated/α-hetero) is 1. The van der Waals surface area contributed by atoms with Crippen molar-refractivity contribution in [2.24, 2.45) is 0 Å². The van der Waals surface area contributed by atoms with E-state index in [9.17, 15) is 17.6 Å². The van der Waals surface area contributed by atoms with E-state index in [0.29, 0.717) is 45.5 Å². The van der Waals surface area contributed by atoms with Crippen molar-refractivity contribution >= 4 is 50.4 Å². The highest BCUT2D eigenvalue weighted by Gasteiger charge is 2.53. The van der Waals surface area contributed by atoms with Crippen LogP contribution in [0.1, 0.15) is 42.3 Å². The molecule has 1 aromatic heterocycles. The molecule has 1 saturated carbocycles. The van der Waals surface area contributed by atoms with E-state index in [0.717, 1.165) is 5.56 Å². The lowest BCUT2D eigenvalue weighted by atomic mass is 9.93. The van der Waals surface area contributed by atoms with Gasteiger partial charge in [0.25, 0.3) is 0 Å². The molecule has 0 aliphatic heterocycles. The lowest BCUT2D eigenvalue weighted by Crippen LogP contribution is -2.12. The number of carbonyl (C=O) groups is 1. The van der Waals surface area contributed by atoms with Crippen LogP contribution in [0, 0.1) is 5.82 Å². The summed E-state index contributed by atoms with van der Waals surface area (Å²) in [6, 6.07) is 14.0. The fourth-order valence-corrected chi connectivity index (χ4v) is 6.51. The smallest absolute Gasteiger partial charge is 0.237 e. The largest absolute Gasteiger partial charge is 0.338 e. The maximum absolute atomic E-state index is 13.5. The number of ketones is 1. The number of sulfone groups is 1. The van der Waals surface area contributed by atoms with Gasteiger partial charge in [0.2, 0.25) is 11.7 Å². The molecule has 0 radical (unpaired) electrons. The van der Waals surface area contributed by atoms with Crippen LogP contribution in [0.4, 0.5) is 4.39 Å². The van der Waals surface area contributed by atoms with E-state index in [-0.39, 0.29) is 40.1 Å². The van der Waals surface area contributed by atoms with Gasteiger partial charge in [0.05, 0.1) is 21.1 Å². The third-order valence-corrected chi connectivity index (χ3v) is 9.45. The summed E-state index contributed by atoms with van der Waals surface area (Å²) in [5.74, 6) is 0.0230.